The highest BCUT2D eigenvalue weighted by Gasteiger charge is 2.56. The summed E-state index contributed by atoms with van der Waals surface area (Å²) in [5, 5.41) is 26.8. The summed E-state index contributed by atoms with van der Waals surface area (Å²) in [5.74, 6) is -4.35. The molecular weight excluding hydrogens is 1460 g/mol. The van der Waals surface area contributed by atoms with Gasteiger partial charge in [0.2, 0.25) is 11.8 Å². The number of aromatic nitrogens is 12. The Bertz CT molecular complexity index is 4420. The van der Waals surface area contributed by atoms with Crippen molar-refractivity contribution in [3.05, 3.63) is 222 Å². The molecule has 2 amide bonds. The fraction of sp³-hybridized carbons (Fsp3) is 0.324. The van der Waals surface area contributed by atoms with Crippen LogP contribution in [0.3, 0.4) is 0 Å². The number of likely N-dealkylation sites (N-methyl/N-ethyl adjacent to an activating group) is 2. The Balaban J connectivity index is 0.755. The molecule has 530 valence electrons. The quantitative estimate of drug-likeness (QED) is 0.0540. The Morgan fingerprint density at radius 3 is 1.29 bits per heavy atom. The molecule has 4 fully saturated rings. The first-order valence-electron chi connectivity index (χ1n) is 31.7. The Morgan fingerprint density at radius 1 is 0.529 bits per heavy atom. The standard InChI is InChI=1S/C68H58Cl6F4N14O10/c1-33-79-65(91(83-33)49-25-39(69)15-17-41(49)71)63-61(57(59-51(99-63)29-97-67(101-59)35-11-7-5-8-12-35)89-27-47(81-85-89)37-21-43(75)55(73)44(76)22-37)95-31-53(93)87(3)19-20-88(4)54(94)32-96-62-58(90-28-48(82-86-90)38-23-45(77)56(74)46(78)24-38)60-52(30-98-68(102-60)36-13-9-6-10-14-36)100-64(62)66-80-34(2)84-92(66)50-26-40(70)16-18-42(50)72/h5-18,21-28,51-52,57-64,67-68H,19-20,29-32H2,1-4H3/t51-,52+,57+,58-,59+,60-,61-,62+,63-,64+,67+,68-. The van der Waals surface area contributed by atoms with Crippen molar-refractivity contribution < 1.29 is 65.0 Å². The molecule has 0 spiro atoms. The monoisotopic (exact) mass is 1520 g/mol. The zero-order valence-corrected chi connectivity index (χ0v) is 58.5. The summed E-state index contributed by atoms with van der Waals surface area (Å²) in [6, 6.07) is 29.8. The molecule has 0 unspecified atom stereocenters. The molecule has 0 N–H and O–H groups in total. The zero-order chi connectivity index (χ0) is 71.4. The zero-order valence-electron chi connectivity index (χ0n) is 54.0. The smallest absolute Gasteiger partial charge is 0.248 e. The fourth-order valence-corrected chi connectivity index (χ4v) is 13.6. The highest BCUT2D eigenvalue weighted by atomic mass is 35.5. The van der Waals surface area contributed by atoms with E-state index in [-0.39, 0.29) is 82.2 Å². The average molecular weight is 1520 g/mol. The average Bonchev–Trinajstić information content (AvgIpc) is 1.45. The Labute approximate surface area is 608 Å². The van der Waals surface area contributed by atoms with Crippen LogP contribution in [0.1, 0.15) is 71.3 Å². The van der Waals surface area contributed by atoms with Crippen molar-refractivity contribution >= 4 is 81.4 Å². The van der Waals surface area contributed by atoms with Crippen LogP contribution in [0.4, 0.5) is 17.6 Å². The minimum absolute atomic E-state index is 0.00845. The first-order chi connectivity index (χ1) is 49.1. The van der Waals surface area contributed by atoms with Gasteiger partial charge in [0.15, 0.2) is 24.2 Å². The van der Waals surface area contributed by atoms with Crippen molar-refractivity contribution in [1.82, 2.24) is 69.3 Å². The number of benzene rings is 6. The molecule has 4 saturated heterocycles. The number of nitrogens with zero attached hydrogens (tertiary/aromatic N) is 14. The molecule has 0 aliphatic carbocycles. The third-order valence-electron chi connectivity index (χ3n) is 17.7. The second-order valence-corrected chi connectivity index (χ2v) is 26.9. The molecule has 8 heterocycles. The topological polar surface area (TPSA) is 237 Å². The second-order valence-electron chi connectivity index (χ2n) is 24.4. The maximum atomic E-state index is 15.1. The van der Waals surface area contributed by atoms with Crippen molar-refractivity contribution in [1.29, 1.82) is 0 Å². The van der Waals surface area contributed by atoms with Gasteiger partial charge in [-0.25, -0.2) is 46.3 Å². The molecule has 0 saturated carbocycles. The van der Waals surface area contributed by atoms with Crippen molar-refractivity contribution in [2.45, 2.75) is 87.3 Å². The molecule has 4 aliphatic heterocycles. The lowest BCUT2D eigenvalue weighted by molar-refractivity contribution is -0.322. The summed E-state index contributed by atoms with van der Waals surface area (Å²) >= 11 is 38.6. The summed E-state index contributed by atoms with van der Waals surface area (Å²) in [5.41, 5.74) is 2.10. The van der Waals surface area contributed by atoms with Gasteiger partial charge in [-0.3, -0.25) is 9.59 Å². The van der Waals surface area contributed by atoms with Crippen LogP contribution in [0, 0.1) is 37.1 Å². The van der Waals surface area contributed by atoms with Gasteiger partial charge < -0.3 is 47.7 Å². The van der Waals surface area contributed by atoms with Crippen molar-refractivity contribution in [2.75, 3.05) is 53.6 Å². The largest absolute Gasteiger partial charge is 0.363 e. The summed E-state index contributed by atoms with van der Waals surface area (Å²) in [6.45, 7) is 1.86. The molecule has 34 heteroatoms. The first kappa shape index (κ1) is 71.0. The van der Waals surface area contributed by atoms with Crippen LogP contribution in [-0.2, 0) is 47.5 Å². The molecule has 0 bridgehead atoms. The number of halogens is 10. The van der Waals surface area contributed by atoms with E-state index in [0.717, 1.165) is 24.3 Å². The van der Waals surface area contributed by atoms with E-state index in [1.807, 2.05) is 60.7 Å². The van der Waals surface area contributed by atoms with Crippen LogP contribution < -0.4 is 0 Å². The van der Waals surface area contributed by atoms with E-state index in [2.05, 4.69) is 20.6 Å². The van der Waals surface area contributed by atoms with Crippen molar-refractivity contribution in [3.63, 3.8) is 0 Å². The van der Waals surface area contributed by atoms with E-state index in [4.69, 9.17) is 128 Å². The van der Waals surface area contributed by atoms with Crippen LogP contribution in [0.25, 0.3) is 33.9 Å². The third-order valence-corrected chi connectivity index (χ3v) is 19.5. The summed E-state index contributed by atoms with van der Waals surface area (Å²) in [7, 11) is 3.05. The van der Waals surface area contributed by atoms with Crippen LogP contribution >= 0.6 is 69.6 Å². The number of rotatable bonds is 19. The normalized spacial score (nSPS) is 23.4. The lowest BCUT2D eigenvalue weighted by Crippen LogP contribution is -2.58. The van der Waals surface area contributed by atoms with E-state index in [1.165, 1.54) is 55.0 Å². The molecular formula is C68H58Cl6F4N14O10. The number of carbonyl (C=O) groups is 2. The first-order valence-corrected chi connectivity index (χ1v) is 34.0. The van der Waals surface area contributed by atoms with Gasteiger partial charge >= 0.3 is 0 Å². The predicted molar refractivity (Wildman–Crippen MR) is 361 cm³/mol. The fourth-order valence-electron chi connectivity index (χ4n) is 12.7. The van der Waals surface area contributed by atoms with Crippen LogP contribution in [0.5, 0.6) is 0 Å². The molecule has 24 nitrogen and oxygen atoms in total. The maximum Gasteiger partial charge on any atom is 0.248 e. The van der Waals surface area contributed by atoms with E-state index >= 15 is 17.6 Å². The van der Waals surface area contributed by atoms with Crippen molar-refractivity contribution in [2.24, 2.45) is 0 Å². The van der Waals surface area contributed by atoms with Crippen molar-refractivity contribution in [3.8, 4) is 33.9 Å². The maximum absolute atomic E-state index is 15.1. The van der Waals surface area contributed by atoms with E-state index in [9.17, 15) is 9.59 Å². The number of aryl methyl sites for hydroxylation is 2. The van der Waals surface area contributed by atoms with Gasteiger partial charge in [0.1, 0.15) is 130 Å². The van der Waals surface area contributed by atoms with E-state index in [1.54, 1.807) is 50.2 Å². The Kier molecular flexibility index (Phi) is 20.9. The number of amides is 2. The van der Waals surface area contributed by atoms with Gasteiger partial charge in [-0.2, -0.15) is 10.2 Å². The van der Waals surface area contributed by atoms with Gasteiger partial charge in [-0.1, -0.05) is 141 Å². The molecule has 6 aromatic carbocycles. The number of hydrogen-bond donors (Lipinski definition) is 0. The van der Waals surface area contributed by atoms with Gasteiger partial charge in [0, 0.05) is 59.5 Å². The second kappa shape index (κ2) is 30.0. The van der Waals surface area contributed by atoms with E-state index in [0.29, 0.717) is 32.5 Å². The summed E-state index contributed by atoms with van der Waals surface area (Å²) < 4.78 is 120. The van der Waals surface area contributed by atoms with Crippen LogP contribution in [0.2, 0.25) is 30.1 Å². The molecule has 14 rings (SSSR count). The third kappa shape index (κ3) is 14.5. The molecule has 0 radical (unpaired) electrons. The summed E-state index contributed by atoms with van der Waals surface area (Å²) in [4.78, 5) is 41.8. The molecule has 4 aliphatic rings. The van der Waals surface area contributed by atoms with Gasteiger partial charge in [0.05, 0.1) is 47.0 Å². The summed E-state index contributed by atoms with van der Waals surface area (Å²) in [6.07, 6.45) is -7.83. The highest BCUT2D eigenvalue weighted by Crippen LogP contribution is 2.49. The lowest BCUT2D eigenvalue weighted by Gasteiger charge is -2.49. The molecule has 102 heavy (non-hydrogen) atoms. The molecule has 4 aromatic heterocycles. The molecule has 10 aromatic rings. The minimum atomic E-state index is -1.29. The number of hydrogen-bond acceptors (Lipinski definition) is 18. The number of fused-ring (bicyclic) bond motifs is 2. The van der Waals surface area contributed by atoms with Gasteiger partial charge in [-0.15, -0.1) is 10.2 Å². The lowest BCUT2D eigenvalue weighted by atomic mass is 9.90. The highest BCUT2D eigenvalue weighted by molar-refractivity contribution is 6.35. The molecule has 12 atom stereocenters. The van der Waals surface area contributed by atoms with Gasteiger partial charge in [0.25, 0.3) is 0 Å². The van der Waals surface area contributed by atoms with E-state index < -0.39 is 132 Å². The van der Waals surface area contributed by atoms with Crippen LogP contribution in [-0.4, -0.2) is 171 Å². The van der Waals surface area contributed by atoms with Crippen LogP contribution in [0.15, 0.2) is 134 Å². The predicted octanol–water partition coefficient (Wildman–Crippen LogP) is 12.4. The Morgan fingerprint density at radius 2 is 0.912 bits per heavy atom. The Hall–Kier alpha value is -8.04. The number of carbonyl (C=O) groups excluding carboxylic acids is 2. The number of ether oxygens (including phenoxy) is 8. The SMILES string of the molecule is Cc1nc([C@H]2O[C@H]3CO[C@@H](c4ccccc4)O[C@H]3[C@@H](n3cc(-c4cc(F)c(Cl)c(F)c4)nn3)[C@@H]2OCC(=O)N(C)CCN(C)C(=O)CO[C@@H]2[C@@H](n3cc(-c4cc(F)c(Cl)c(F)c4)nn3)[C@H]3O[C@@H](c4ccccc4)OC[C@H]3O[C@H]2c2nc(C)nn2-c2cc(Cl)ccc2Cl)n(-c2cc(Cl)ccc2Cl)n1. The minimum Gasteiger partial charge on any atom is -0.363 e. The van der Waals surface area contributed by atoms with Gasteiger partial charge in [-0.05, 0) is 74.5 Å².